The van der Waals surface area contributed by atoms with E-state index in [9.17, 15) is 18.0 Å². The second-order valence-corrected chi connectivity index (χ2v) is 6.84. The Morgan fingerprint density at radius 3 is 2.12 bits per heavy atom. The smallest absolute Gasteiger partial charge is 0.343 e. The van der Waals surface area contributed by atoms with Crippen LogP contribution in [-0.4, -0.2) is 5.97 Å². The highest BCUT2D eigenvalue weighted by Crippen LogP contribution is 2.37. The number of hydrogen-bond acceptors (Lipinski definition) is 2. The standard InChI is InChI=1S/C21H21F3O2/c1-2-13-3-5-14(6-4-13)15-7-9-17(10-8-15)26-21(25)16-11-18(22)20(24)19(23)12-16/h7-14H,2-6H2,1H3/t13-,14-. The molecule has 0 aromatic heterocycles. The maximum absolute atomic E-state index is 13.2. The highest BCUT2D eigenvalue weighted by atomic mass is 19.2. The van der Waals surface area contributed by atoms with Crippen molar-refractivity contribution >= 4 is 5.97 Å². The number of halogens is 3. The van der Waals surface area contributed by atoms with Gasteiger partial charge < -0.3 is 4.74 Å². The molecule has 1 saturated carbocycles. The van der Waals surface area contributed by atoms with Crippen LogP contribution in [0.3, 0.4) is 0 Å². The Morgan fingerprint density at radius 2 is 1.58 bits per heavy atom. The van der Waals surface area contributed by atoms with Crippen molar-refractivity contribution < 1.29 is 22.7 Å². The largest absolute Gasteiger partial charge is 0.423 e. The van der Waals surface area contributed by atoms with E-state index in [1.54, 1.807) is 12.1 Å². The summed E-state index contributed by atoms with van der Waals surface area (Å²) in [6.07, 6.45) is 6.02. The van der Waals surface area contributed by atoms with Gasteiger partial charge in [0.2, 0.25) is 0 Å². The summed E-state index contributed by atoms with van der Waals surface area (Å²) >= 11 is 0. The predicted molar refractivity (Wildman–Crippen MR) is 92.7 cm³/mol. The van der Waals surface area contributed by atoms with Crippen LogP contribution in [-0.2, 0) is 0 Å². The van der Waals surface area contributed by atoms with Gasteiger partial charge in [-0.15, -0.1) is 0 Å². The minimum atomic E-state index is -1.61. The van der Waals surface area contributed by atoms with Crippen molar-refractivity contribution in [2.24, 2.45) is 5.92 Å². The van der Waals surface area contributed by atoms with Gasteiger partial charge in [-0.3, -0.25) is 0 Å². The van der Waals surface area contributed by atoms with Gasteiger partial charge in [-0.2, -0.15) is 0 Å². The molecular formula is C21H21F3O2. The minimum absolute atomic E-state index is 0.283. The van der Waals surface area contributed by atoms with Crippen LogP contribution in [0.2, 0.25) is 0 Å². The molecule has 0 amide bonds. The molecule has 0 saturated heterocycles. The number of carbonyl (C=O) groups is 1. The first kappa shape index (κ1) is 18.5. The fourth-order valence-electron chi connectivity index (χ4n) is 3.55. The predicted octanol–water partition coefficient (Wildman–Crippen LogP) is 6.01. The van der Waals surface area contributed by atoms with Crippen molar-refractivity contribution in [3.05, 3.63) is 65.0 Å². The maximum Gasteiger partial charge on any atom is 0.343 e. The van der Waals surface area contributed by atoms with Crippen LogP contribution >= 0.6 is 0 Å². The molecule has 0 atom stereocenters. The van der Waals surface area contributed by atoms with Gasteiger partial charge in [-0.05, 0) is 67.3 Å². The Hall–Kier alpha value is -2.30. The lowest BCUT2D eigenvalue weighted by Gasteiger charge is -2.28. The van der Waals surface area contributed by atoms with E-state index in [1.807, 2.05) is 12.1 Å². The molecule has 1 aliphatic rings. The van der Waals surface area contributed by atoms with Crippen LogP contribution in [0, 0.1) is 23.4 Å². The quantitative estimate of drug-likeness (QED) is 0.378. The molecule has 26 heavy (non-hydrogen) atoms. The van der Waals surface area contributed by atoms with Crippen LogP contribution in [0.25, 0.3) is 0 Å². The summed E-state index contributed by atoms with van der Waals surface area (Å²) < 4.78 is 44.6. The summed E-state index contributed by atoms with van der Waals surface area (Å²) in [6, 6.07) is 8.45. The van der Waals surface area contributed by atoms with Gasteiger partial charge in [0, 0.05) is 0 Å². The Bertz CT molecular complexity index is 755. The van der Waals surface area contributed by atoms with Crippen molar-refractivity contribution in [1.82, 2.24) is 0 Å². The first-order valence-electron chi connectivity index (χ1n) is 8.94. The molecule has 1 fully saturated rings. The second kappa shape index (κ2) is 7.94. The van der Waals surface area contributed by atoms with E-state index in [0.29, 0.717) is 18.1 Å². The fraction of sp³-hybridized carbons (Fsp3) is 0.381. The summed E-state index contributed by atoms with van der Waals surface area (Å²) in [4.78, 5) is 12.0. The normalized spacial score (nSPS) is 20.0. The lowest BCUT2D eigenvalue weighted by molar-refractivity contribution is 0.0733. The van der Waals surface area contributed by atoms with E-state index in [-0.39, 0.29) is 11.3 Å². The number of esters is 1. The third-order valence-corrected chi connectivity index (χ3v) is 5.21. The van der Waals surface area contributed by atoms with Crippen LogP contribution in [0.15, 0.2) is 36.4 Å². The summed E-state index contributed by atoms with van der Waals surface area (Å²) in [5.41, 5.74) is 0.835. The van der Waals surface area contributed by atoms with Gasteiger partial charge in [-0.25, -0.2) is 18.0 Å². The SMILES string of the molecule is CC[C@H]1CC[C@H](c2ccc(OC(=O)c3cc(F)c(F)c(F)c3)cc2)CC1. The summed E-state index contributed by atoms with van der Waals surface area (Å²) in [7, 11) is 0. The van der Waals surface area contributed by atoms with Gasteiger partial charge in [-0.1, -0.05) is 25.5 Å². The number of rotatable bonds is 4. The summed E-state index contributed by atoms with van der Waals surface area (Å²) in [5.74, 6) is -3.76. The molecule has 2 aromatic carbocycles. The van der Waals surface area contributed by atoms with Gasteiger partial charge in [0.05, 0.1) is 5.56 Å². The van der Waals surface area contributed by atoms with Gasteiger partial charge in [0.15, 0.2) is 17.5 Å². The molecular weight excluding hydrogens is 341 g/mol. The molecule has 0 aliphatic heterocycles. The third-order valence-electron chi connectivity index (χ3n) is 5.21. The van der Waals surface area contributed by atoms with E-state index in [1.165, 1.54) is 24.8 Å². The third kappa shape index (κ3) is 4.09. The number of benzene rings is 2. The average Bonchev–Trinajstić information content (AvgIpc) is 2.66. The molecule has 1 aliphatic carbocycles. The Balaban J connectivity index is 1.65. The molecule has 0 heterocycles. The maximum atomic E-state index is 13.2. The molecule has 0 spiro atoms. The van der Waals surface area contributed by atoms with Crippen molar-refractivity contribution in [3.63, 3.8) is 0 Å². The fourth-order valence-corrected chi connectivity index (χ4v) is 3.55. The lowest BCUT2D eigenvalue weighted by Crippen LogP contribution is -2.13. The van der Waals surface area contributed by atoms with Crippen LogP contribution in [0.5, 0.6) is 5.75 Å². The number of carbonyl (C=O) groups excluding carboxylic acids is 1. The Morgan fingerprint density at radius 1 is 1.00 bits per heavy atom. The first-order valence-corrected chi connectivity index (χ1v) is 8.94. The molecule has 3 rings (SSSR count). The van der Waals surface area contributed by atoms with Crippen LogP contribution in [0.4, 0.5) is 13.2 Å². The first-order chi connectivity index (χ1) is 12.5. The number of hydrogen-bond donors (Lipinski definition) is 0. The molecule has 138 valence electrons. The van der Waals surface area contributed by atoms with E-state index in [4.69, 9.17) is 4.74 Å². The molecule has 0 bridgehead atoms. The Kier molecular flexibility index (Phi) is 5.64. The zero-order valence-electron chi connectivity index (χ0n) is 14.6. The van der Waals surface area contributed by atoms with Crippen LogP contribution < -0.4 is 4.74 Å². The molecule has 2 nitrogen and oxygen atoms in total. The molecule has 2 aromatic rings. The van der Waals surface area contributed by atoms with Crippen LogP contribution in [0.1, 0.15) is 60.9 Å². The summed E-state index contributed by atoms with van der Waals surface area (Å²) in [6.45, 7) is 2.23. The lowest BCUT2D eigenvalue weighted by atomic mass is 9.78. The van der Waals surface area contributed by atoms with Crippen molar-refractivity contribution in [2.45, 2.75) is 44.9 Å². The number of ether oxygens (including phenoxy) is 1. The minimum Gasteiger partial charge on any atom is -0.423 e. The highest BCUT2D eigenvalue weighted by molar-refractivity contribution is 5.91. The van der Waals surface area contributed by atoms with E-state index < -0.39 is 23.4 Å². The van der Waals surface area contributed by atoms with Crippen molar-refractivity contribution in [1.29, 1.82) is 0 Å². The van der Waals surface area contributed by atoms with Crippen molar-refractivity contribution in [3.8, 4) is 5.75 Å². The average molecular weight is 362 g/mol. The Labute approximate surface area is 151 Å². The van der Waals surface area contributed by atoms with Gasteiger partial charge in [0.25, 0.3) is 0 Å². The van der Waals surface area contributed by atoms with Crippen molar-refractivity contribution in [2.75, 3.05) is 0 Å². The second-order valence-electron chi connectivity index (χ2n) is 6.84. The van der Waals surface area contributed by atoms with Gasteiger partial charge in [0.1, 0.15) is 5.75 Å². The molecule has 0 unspecified atom stereocenters. The topological polar surface area (TPSA) is 26.3 Å². The molecule has 0 radical (unpaired) electrons. The molecule has 5 heteroatoms. The highest BCUT2D eigenvalue weighted by Gasteiger charge is 2.21. The van der Waals surface area contributed by atoms with Gasteiger partial charge >= 0.3 is 5.97 Å². The summed E-state index contributed by atoms with van der Waals surface area (Å²) in [5, 5.41) is 0. The van der Waals surface area contributed by atoms with E-state index >= 15 is 0 Å². The van der Waals surface area contributed by atoms with E-state index in [0.717, 1.165) is 18.8 Å². The zero-order valence-corrected chi connectivity index (χ0v) is 14.6. The molecule has 0 N–H and O–H groups in total. The zero-order chi connectivity index (χ0) is 18.7. The van der Waals surface area contributed by atoms with E-state index in [2.05, 4.69) is 6.92 Å². The monoisotopic (exact) mass is 362 g/mol.